The van der Waals surface area contributed by atoms with Crippen LogP contribution in [0.1, 0.15) is 30.1 Å². The molecule has 7 heteroatoms. The van der Waals surface area contributed by atoms with E-state index in [2.05, 4.69) is 8.51 Å². The molecule has 1 aliphatic carbocycles. The molecule has 1 aromatic heterocycles. The lowest BCUT2D eigenvalue weighted by Crippen LogP contribution is -2.30. The van der Waals surface area contributed by atoms with Gasteiger partial charge in [-0.1, -0.05) is 17.7 Å². The molecular weight excluding hydrogens is 453 g/mol. The zero-order chi connectivity index (χ0) is 18.0. The van der Waals surface area contributed by atoms with E-state index in [1.807, 2.05) is 12.1 Å². The number of pyridine rings is 1. The molecule has 1 aromatic carbocycles. The first-order chi connectivity index (χ1) is 12.0. The van der Waals surface area contributed by atoms with Crippen molar-refractivity contribution in [2.75, 3.05) is 11.4 Å². The molecule has 0 unspecified atom stereocenters. The van der Waals surface area contributed by atoms with Gasteiger partial charge in [0, 0.05) is 25.2 Å². The summed E-state index contributed by atoms with van der Waals surface area (Å²) in [5.41, 5.74) is 2.78. The Morgan fingerprint density at radius 2 is 2.08 bits per heavy atom. The monoisotopic (exact) mass is 469 g/mol. The third-order valence-electron chi connectivity index (χ3n) is 4.16. The minimum atomic E-state index is -0.190. The highest BCUT2D eigenvalue weighted by Gasteiger charge is 2.27. The molecule has 1 aliphatic rings. The molecule has 1 saturated carbocycles. The molecule has 3 rings (SSSR count). The lowest BCUT2D eigenvalue weighted by Gasteiger charge is -2.22. The number of anilines is 1. The molecule has 2 amide bonds. The average Bonchev–Trinajstić information content (AvgIpc) is 3.43. The van der Waals surface area contributed by atoms with Crippen LogP contribution in [0, 0.1) is 5.92 Å². The highest BCUT2D eigenvalue weighted by atomic mass is 127. The number of nitrogens with one attached hydrogen (secondary N) is 1. The number of carbonyl (C=O) groups excluding carboxylic acids is 2. The molecule has 130 valence electrons. The van der Waals surface area contributed by atoms with Gasteiger partial charge in [0.25, 0.3) is 5.91 Å². The van der Waals surface area contributed by atoms with E-state index in [1.165, 1.54) is 19.0 Å². The molecule has 1 N–H and O–H groups in total. The van der Waals surface area contributed by atoms with Gasteiger partial charge in [-0.15, -0.1) is 0 Å². The summed E-state index contributed by atoms with van der Waals surface area (Å²) < 4.78 is 2.53. The van der Waals surface area contributed by atoms with Gasteiger partial charge in [-0.2, -0.15) is 0 Å². The molecular formula is C18H17ClIN3O2. The van der Waals surface area contributed by atoms with Crippen LogP contribution in [-0.4, -0.2) is 23.3 Å². The Morgan fingerprint density at radius 3 is 2.60 bits per heavy atom. The van der Waals surface area contributed by atoms with Crippen molar-refractivity contribution in [1.82, 2.24) is 8.51 Å². The Balaban J connectivity index is 1.85. The standard InChI is InChI=1S/C18H17ClIN3O2/c1-11(24)23(10-12-2-3-12)17-7-5-13(8-15(17)19)16-6-4-14(9-21-16)18(25)22-20/h4-9,12H,2-3,10H2,1H3,(H,22,25). The zero-order valence-electron chi connectivity index (χ0n) is 13.6. The number of hydrogen-bond acceptors (Lipinski definition) is 3. The second kappa shape index (κ2) is 7.70. The predicted octanol–water partition coefficient (Wildman–Crippen LogP) is 4.24. The van der Waals surface area contributed by atoms with Crippen molar-refractivity contribution >= 4 is 52.0 Å². The molecule has 25 heavy (non-hydrogen) atoms. The van der Waals surface area contributed by atoms with Gasteiger partial charge in [-0.3, -0.25) is 18.1 Å². The van der Waals surface area contributed by atoms with Crippen molar-refractivity contribution in [1.29, 1.82) is 0 Å². The van der Waals surface area contributed by atoms with E-state index in [0.717, 1.165) is 16.9 Å². The summed E-state index contributed by atoms with van der Waals surface area (Å²) in [6.07, 6.45) is 3.86. The van der Waals surface area contributed by atoms with Crippen LogP contribution in [0.4, 0.5) is 5.69 Å². The smallest absolute Gasteiger partial charge is 0.261 e. The van der Waals surface area contributed by atoms with Crippen LogP contribution in [0.2, 0.25) is 5.02 Å². The fourth-order valence-corrected chi connectivity index (χ4v) is 3.19. The maximum Gasteiger partial charge on any atom is 0.261 e. The van der Waals surface area contributed by atoms with Crippen LogP contribution >= 0.6 is 34.5 Å². The van der Waals surface area contributed by atoms with Crippen LogP contribution in [0.15, 0.2) is 36.5 Å². The minimum absolute atomic E-state index is 0.00570. The number of benzene rings is 1. The Morgan fingerprint density at radius 1 is 1.32 bits per heavy atom. The molecule has 1 fully saturated rings. The van der Waals surface area contributed by atoms with Crippen LogP contribution in [0.25, 0.3) is 11.3 Å². The summed E-state index contributed by atoms with van der Waals surface area (Å²) in [4.78, 5) is 29.6. The van der Waals surface area contributed by atoms with Crippen LogP contribution in [0.3, 0.4) is 0 Å². The number of rotatable bonds is 5. The van der Waals surface area contributed by atoms with E-state index in [9.17, 15) is 9.59 Å². The van der Waals surface area contributed by atoms with Crippen molar-refractivity contribution in [2.24, 2.45) is 5.92 Å². The lowest BCUT2D eigenvalue weighted by atomic mass is 10.1. The second-order valence-electron chi connectivity index (χ2n) is 6.09. The average molecular weight is 470 g/mol. The van der Waals surface area contributed by atoms with Gasteiger partial charge in [-0.05, 0) is 43.0 Å². The highest BCUT2D eigenvalue weighted by molar-refractivity contribution is 14.1. The summed E-state index contributed by atoms with van der Waals surface area (Å²) in [7, 11) is 0. The fraction of sp³-hybridized carbons (Fsp3) is 0.278. The molecule has 1 heterocycles. The molecule has 5 nitrogen and oxygen atoms in total. The van der Waals surface area contributed by atoms with E-state index in [4.69, 9.17) is 11.6 Å². The molecule has 0 radical (unpaired) electrons. The summed E-state index contributed by atoms with van der Waals surface area (Å²) >= 11 is 8.23. The van der Waals surface area contributed by atoms with Gasteiger partial charge >= 0.3 is 0 Å². The SMILES string of the molecule is CC(=O)N(CC1CC1)c1ccc(-c2ccc(C(=O)NI)cn2)cc1Cl. The van der Waals surface area contributed by atoms with Crippen LogP contribution in [-0.2, 0) is 4.79 Å². The Labute approximate surface area is 165 Å². The van der Waals surface area contributed by atoms with Crippen LogP contribution in [0.5, 0.6) is 0 Å². The molecule has 0 bridgehead atoms. The number of hydrogen-bond donors (Lipinski definition) is 1. The van der Waals surface area contributed by atoms with Crippen molar-refractivity contribution in [3.05, 3.63) is 47.1 Å². The summed E-state index contributed by atoms with van der Waals surface area (Å²) in [5, 5.41) is 0.518. The third kappa shape index (κ3) is 4.30. The second-order valence-corrected chi connectivity index (χ2v) is 7.04. The number of nitrogens with zero attached hydrogens (tertiary/aromatic N) is 2. The van der Waals surface area contributed by atoms with E-state index in [-0.39, 0.29) is 11.8 Å². The summed E-state index contributed by atoms with van der Waals surface area (Å²) in [6.45, 7) is 2.28. The predicted molar refractivity (Wildman–Crippen MR) is 107 cm³/mol. The number of halogens is 2. The summed E-state index contributed by atoms with van der Waals surface area (Å²) in [5.74, 6) is 0.386. The zero-order valence-corrected chi connectivity index (χ0v) is 16.5. The Bertz CT molecular complexity index is 806. The molecule has 0 saturated heterocycles. The Hall–Kier alpha value is -1.67. The first-order valence-electron chi connectivity index (χ1n) is 7.94. The lowest BCUT2D eigenvalue weighted by molar-refractivity contribution is -0.116. The van der Waals surface area contributed by atoms with E-state index >= 15 is 0 Å². The first kappa shape index (κ1) is 18.1. The van der Waals surface area contributed by atoms with E-state index in [0.29, 0.717) is 23.0 Å². The number of aromatic nitrogens is 1. The maximum absolute atomic E-state index is 12.0. The highest BCUT2D eigenvalue weighted by Crippen LogP contribution is 2.35. The minimum Gasteiger partial charge on any atom is -0.311 e. The van der Waals surface area contributed by atoms with E-state index < -0.39 is 0 Å². The number of amides is 2. The third-order valence-corrected chi connectivity index (χ3v) is 4.96. The quantitative estimate of drug-likeness (QED) is 0.526. The van der Waals surface area contributed by atoms with Crippen molar-refractivity contribution in [3.8, 4) is 11.3 Å². The molecule has 0 aliphatic heterocycles. The normalized spacial score (nSPS) is 13.4. The number of carbonyl (C=O) groups is 2. The van der Waals surface area contributed by atoms with Crippen LogP contribution < -0.4 is 8.43 Å². The van der Waals surface area contributed by atoms with Crippen molar-refractivity contribution in [3.63, 3.8) is 0 Å². The van der Waals surface area contributed by atoms with Crippen molar-refractivity contribution < 1.29 is 9.59 Å². The van der Waals surface area contributed by atoms with Gasteiger partial charge in [0.1, 0.15) is 0 Å². The first-order valence-corrected chi connectivity index (χ1v) is 9.40. The van der Waals surface area contributed by atoms with Crippen molar-refractivity contribution in [2.45, 2.75) is 19.8 Å². The maximum atomic E-state index is 12.0. The molecule has 0 spiro atoms. The Kier molecular flexibility index (Phi) is 5.58. The van der Waals surface area contributed by atoms with Gasteiger partial charge < -0.3 is 4.90 Å². The molecule has 0 atom stereocenters. The van der Waals surface area contributed by atoms with Gasteiger partial charge in [0.05, 0.1) is 44.8 Å². The fourth-order valence-electron chi connectivity index (χ4n) is 2.59. The van der Waals surface area contributed by atoms with Gasteiger partial charge in [0.2, 0.25) is 5.91 Å². The van der Waals surface area contributed by atoms with Gasteiger partial charge in [0.15, 0.2) is 0 Å². The van der Waals surface area contributed by atoms with E-state index in [1.54, 1.807) is 52.9 Å². The molecule has 2 aromatic rings. The van der Waals surface area contributed by atoms with Gasteiger partial charge in [-0.25, -0.2) is 0 Å². The summed E-state index contributed by atoms with van der Waals surface area (Å²) in [6, 6.07) is 9.05. The topological polar surface area (TPSA) is 62.3 Å². The largest absolute Gasteiger partial charge is 0.311 e.